The van der Waals surface area contributed by atoms with Crippen molar-refractivity contribution in [3.8, 4) is 11.4 Å². The van der Waals surface area contributed by atoms with E-state index >= 15 is 0 Å². The van der Waals surface area contributed by atoms with Gasteiger partial charge in [0.25, 0.3) is 5.91 Å². The number of hydrogen-bond acceptors (Lipinski definition) is 8. The molecule has 1 fully saturated rings. The highest BCUT2D eigenvalue weighted by Gasteiger charge is 2.31. The number of amides is 3. The van der Waals surface area contributed by atoms with Gasteiger partial charge in [-0.05, 0) is 25.5 Å². The topological polar surface area (TPSA) is 154 Å². The molecule has 3 N–H and O–H groups in total. The van der Waals surface area contributed by atoms with Gasteiger partial charge in [-0.2, -0.15) is 0 Å². The fraction of sp³-hybridized carbons (Fsp3) is 0.310. The summed E-state index contributed by atoms with van der Waals surface area (Å²) >= 11 is 0. The zero-order chi connectivity index (χ0) is 29.2. The van der Waals surface area contributed by atoms with Gasteiger partial charge in [-0.15, -0.1) is 0 Å². The molecule has 12 nitrogen and oxygen atoms in total. The molecule has 1 aliphatic heterocycles. The summed E-state index contributed by atoms with van der Waals surface area (Å²) in [5, 5.41) is 15.1. The molecule has 0 spiro atoms. The number of carbonyl (C=O) groups is 4. The summed E-state index contributed by atoms with van der Waals surface area (Å²) in [6.45, 7) is 2.96. The summed E-state index contributed by atoms with van der Waals surface area (Å²) < 4.78 is 5.02. The first kappa shape index (κ1) is 29.0. The summed E-state index contributed by atoms with van der Waals surface area (Å²) in [6, 6.07) is 18.8. The van der Waals surface area contributed by atoms with Crippen LogP contribution in [0.15, 0.2) is 66.7 Å². The number of nitrogens with zero attached hydrogens (tertiary/aromatic N) is 4. The van der Waals surface area contributed by atoms with Crippen molar-refractivity contribution in [2.45, 2.75) is 25.8 Å². The molecule has 2 aromatic carbocycles. The second-order valence-electron chi connectivity index (χ2n) is 9.29. The minimum absolute atomic E-state index is 0.0116. The molecule has 0 aliphatic carbocycles. The molecule has 0 saturated carbocycles. The Labute approximate surface area is 237 Å². The number of hydrogen-bond donors (Lipinski definition) is 3. The van der Waals surface area contributed by atoms with Crippen LogP contribution in [0.1, 0.15) is 30.3 Å². The number of aliphatic carboxylic acids is 1. The van der Waals surface area contributed by atoms with E-state index in [9.17, 15) is 24.3 Å². The lowest BCUT2D eigenvalue weighted by atomic mass is 10.1. The number of carboxylic acid groups (broad SMARTS) is 1. The number of rotatable bonds is 10. The smallest absolute Gasteiger partial charge is 0.409 e. The number of ether oxygens (including phenoxy) is 1. The van der Waals surface area contributed by atoms with E-state index in [0.29, 0.717) is 17.2 Å². The van der Waals surface area contributed by atoms with Crippen molar-refractivity contribution in [3.05, 3.63) is 72.4 Å². The summed E-state index contributed by atoms with van der Waals surface area (Å²) in [6.07, 6.45) is -0.878. The molecule has 1 saturated heterocycles. The zero-order valence-electron chi connectivity index (χ0n) is 22.7. The van der Waals surface area contributed by atoms with E-state index in [1.807, 2.05) is 60.7 Å². The van der Waals surface area contributed by atoms with Crippen molar-refractivity contribution in [1.29, 1.82) is 0 Å². The lowest BCUT2D eigenvalue weighted by Gasteiger charge is -2.35. The quantitative estimate of drug-likeness (QED) is 0.339. The third kappa shape index (κ3) is 8.01. The number of para-hydroxylation sites is 1. The second kappa shape index (κ2) is 13.9. The summed E-state index contributed by atoms with van der Waals surface area (Å²) in [7, 11) is 0. The Bertz CT molecular complexity index is 1360. The third-order valence-electron chi connectivity index (χ3n) is 6.40. The van der Waals surface area contributed by atoms with E-state index < -0.39 is 29.9 Å². The first-order valence-corrected chi connectivity index (χ1v) is 13.3. The summed E-state index contributed by atoms with van der Waals surface area (Å²) in [5.41, 5.74) is 1.46. The average Bonchev–Trinajstić information content (AvgIpc) is 2.99. The lowest BCUT2D eigenvalue weighted by Crippen LogP contribution is -2.56. The maximum atomic E-state index is 13.5. The van der Waals surface area contributed by atoms with E-state index in [-0.39, 0.29) is 51.3 Å². The van der Waals surface area contributed by atoms with Gasteiger partial charge in [0.2, 0.25) is 5.91 Å². The third-order valence-corrected chi connectivity index (χ3v) is 6.40. The molecule has 41 heavy (non-hydrogen) atoms. The Morgan fingerprint density at radius 2 is 1.56 bits per heavy atom. The van der Waals surface area contributed by atoms with Crippen LogP contribution in [0.25, 0.3) is 11.4 Å². The maximum absolute atomic E-state index is 13.5. The van der Waals surface area contributed by atoms with E-state index in [4.69, 9.17) is 4.74 Å². The van der Waals surface area contributed by atoms with Crippen molar-refractivity contribution < 1.29 is 29.0 Å². The highest BCUT2D eigenvalue weighted by atomic mass is 16.6. The average molecular weight is 561 g/mol. The van der Waals surface area contributed by atoms with Crippen LogP contribution in [0.4, 0.5) is 16.3 Å². The van der Waals surface area contributed by atoms with Crippen LogP contribution in [0, 0.1) is 0 Å². The normalized spacial score (nSPS) is 13.7. The number of carboxylic acids is 1. The van der Waals surface area contributed by atoms with E-state index in [0.717, 1.165) is 5.69 Å². The van der Waals surface area contributed by atoms with Gasteiger partial charge < -0.3 is 30.3 Å². The van der Waals surface area contributed by atoms with E-state index in [1.54, 1.807) is 6.92 Å². The number of piperazine rings is 1. The van der Waals surface area contributed by atoms with Crippen LogP contribution in [-0.4, -0.2) is 87.6 Å². The van der Waals surface area contributed by atoms with Gasteiger partial charge in [-0.1, -0.05) is 48.5 Å². The van der Waals surface area contributed by atoms with Crippen LogP contribution >= 0.6 is 0 Å². The van der Waals surface area contributed by atoms with Crippen molar-refractivity contribution in [3.63, 3.8) is 0 Å². The Balaban J connectivity index is 1.55. The molecule has 3 amide bonds. The van der Waals surface area contributed by atoms with Crippen LogP contribution in [0.2, 0.25) is 0 Å². The number of benzene rings is 2. The molecule has 0 bridgehead atoms. The first-order chi connectivity index (χ1) is 19.8. The molecule has 4 rings (SSSR count). The predicted molar refractivity (Wildman–Crippen MR) is 150 cm³/mol. The largest absolute Gasteiger partial charge is 0.481 e. The van der Waals surface area contributed by atoms with Crippen molar-refractivity contribution in [2.75, 3.05) is 38.1 Å². The lowest BCUT2D eigenvalue weighted by molar-refractivity contribution is -0.138. The standard InChI is InChI=1S/C29H32N6O6/c1-2-41-29(40)35-17-15-34(16-18-35)28(39)22(13-14-25(36)37)32-27(38)23-19-24(30-21-11-7-4-8-12-21)33-26(31-23)20-9-5-3-6-10-20/h3-12,19,22H,2,13-18H2,1H3,(H,32,38)(H,36,37)(H,30,31,33)/t22-/m0/s1. The molecule has 1 aliphatic rings. The molecule has 12 heteroatoms. The molecular formula is C29H32N6O6. The molecule has 1 atom stereocenters. The number of aromatic nitrogens is 2. The fourth-order valence-corrected chi connectivity index (χ4v) is 4.32. The van der Waals surface area contributed by atoms with E-state index in [1.165, 1.54) is 15.9 Å². The van der Waals surface area contributed by atoms with Gasteiger partial charge in [-0.25, -0.2) is 14.8 Å². The molecule has 3 aromatic rings. The first-order valence-electron chi connectivity index (χ1n) is 13.3. The molecule has 1 aromatic heterocycles. The van der Waals surface area contributed by atoms with Gasteiger partial charge in [0.1, 0.15) is 17.6 Å². The highest BCUT2D eigenvalue weighted by Crippen LogP contribution is 2.21. The van der Waals surface area contributed by atoms with Gasteiger partial charge in [0, 0.05) is 49.9 Å². The SMILES string of the molecule is CCOC(=O)N1CCN(C(=O)[C@H](CCC(=O)O)NC(=O)c2cc(Nc3ccccc3)nc(-c3ccccc3)n2)CC1. The summed E-state index contributed by atoms with van der Waals surface area (Å²) in [5.74, 6) is -1.48. The Kier molecular flexibility index (Phi) is 9.81. The minimum atomic E-state index is -1.10. The number of anilines is 2. The van der Waals surface area contributed by atoms with Gasteiger partial charge in [-0.3, -0.25) is 14.4 Å². The Hall–Kier alpha value is -5.00. The van der Waals surface area contributed by atoms with E-state index in [2.05, 4.69) is 20.6 Å². The van der Waals surface area contributed by atoms with Gasteiger partial charge in [0.05, 0.1) is 6.61 Å². The van der Waals surface area contributed by atoms with Gasteiger partial charge in [0.15, 0.2) is 5.82 Å². The highest BCUT2D eigenvalue weighted by molar-refractivity contribution is 5.97. The zero-order valence-corrected chi connectivity index (χ0v) is 22.7. The number of carbonyl (C=O) groups excluding carboxylic acids is 3. The maximum Gasteiger partial charge on any atom is 0.409 e. The molecule has 2 heterocycles. The van der Waals surface area contributed by atoms with Crippen molar-refractivity contribution in [2.24, 2.45) is 0 Å². The second-order valence-corrected chi connectivity index (χ2v) is 9.29. The van der Waals surface area contributed by atoms with Crippen LogP contribution in [-0.2, 0) is 14.3 Å². The molecule has 214 valence electrons. The van der Waals surface area contributed by atoms with Crippen molar-refractivity contribution in [1.82, 2.24) is 25.1 Å². The van der Waals surface area contributed by atoms with Crippen LogP contribution in [0.3, 0.4) is 0 Å². The molecule has 0 unspecified atom stereocenters. The van der Waals surface area contributed by atoms with Crippen LogP contribution in [0.5, 0.6) is 0 Å². The van der Waals surface area contributed by atoms with Crippen molar-refractivity contribution >= 4 is 35.4 Å². The fourth-order valence-electron chi connectivity index (χ4n) is 4.32. The Morgan fingerprint density at radius 3 is 2.20 bits per heavy atom. The molecular weight excluding hydrogens is 528 g/mol. The monoisotopic (exact) mass is 560 g/mol. The van der Waals surface area contributed by atoms with Gasteiger partial charge >= 0.3 is 12.1 Å². The Morgan fingerprint density at radius 1 is 0.927 bits per heavy atom. The number of nitrogens with one attached hydrogen (secondary N) is 2. The molecule has 0 radical (unpaired) electrons. The minimum Gasteiger partial charge on any atom is -0.481 e. The van der Waals surface area contributed by atoms with Crippen LogP contribution < -0.4 is 10.6 Å². The summed E-state index contributed by atoms with van der Waals surface area (Å²) in [4.78, 5) is 62.3. The predicted octanol–water partition coefficient (Wildman–Crippen LogP) is 3.15.